The van der Waals surface area contributed by atoms with Gasteiger partial charge in [0.1, 0.15) is 20.0 Å². The molecule has 0 radical (unpaired) electrons. The third-order valence-corrected chi connectivity index (χ3v) is 5.13. The second kappa shape index (κ2) is 9.82. The highest BCUT2D eigenvalue weighted by atomic mass is 16.3. The Kier molecular flexibility index (Phi) is 7.17. The maximum atomic E-state index is 9.56. The molecule has 31 heavy (non-hydrogen) atoms. The molecule has 0 aromatic carbocycles. The standard InChI is InChI=1S/C22H34N8O/c1-17-11-20(4)28(23-17)14-26(9-10-31)7-8-27(15-29-21(5)12-18(2)24-29)16-30-22(6)13-19(3)25-30/h7-8,11-13,31H,9-10,14-16H2,1-6H3/b8-7+. The number of aromatic nitrogens is 6. The number of rotatable bonds is 10. The molecule has 0 aliphatic carbocycles. The van der Waals surface area contributed by atoms with Gasteiger partial charge in [-0.25, -0.2) is 14.0 Å². The Morgan fingerprint density at radius 1 is 0.677 bits per heavy atom. The largest absolute Gasteiger partial charge is 0.395 e. The Balaban J connectivity index is 1.81. The van der Waals surface area contributed by atoms with E-state index < -0.39 is 0 Å². The van der Waals surface area contributed by atoms with Gasteiger partial charge in [0.15, 0.2) is 0 Å². The van der Waals surface area contributed by atoms with Crippen LogP contribution in [0.2, 0.25) is 0 Å². The number of hydrogen-bond acceptors (Lipinski definition) is 6. The van der Waals surface area contributed by atoms with E-state index in [2.05, 4.69) is 57.1 Å². The molecule has 0 atom stereocenters. The van der Waals surface area contributed by atoms with E-state index in [1.54, 1.807) is 0 Å². The molecule has 0 amide bonds. The smallest absolute Gasteiger partial charge is 0.113 e. The van der Waals surface area contributed by atoms with Crippen molar-refractivity contribution in [1.82, 2.24) is 39.1 Å². The summed E-state index contributed by atoms with van der Waals surface area (Å²) >= 11 is 0. The first kappa shape index (κ1) is 22.6. The van der Waals surface area contributed by atoms with Crippen LogP contribution in [0.25, 0.3) is 0 Å². The average molecular weight is 427 g/mol. The zero-order chi connectivity index (χ0) is 22.5. The first-order chi connectivity index (χ1) is 14.7. The minimum atomic E-state index is 0.0680. The Bertz CT molecular complexity index is 980. The monoisotopic (exact) mass is 426 g/mol. The lowest BCUT2D eigenvalue weighted by Crippen LogP contribution is -2.29. The average Bonchev–Trinajstić information content (AvgIpc) is 3.29. The molecule has 3 aromatic heterocycles. The normalized spacial score (nSPS) is 11.6. The van der Waals surface area contributed by atoms with Crippen molar-refractivity contribution in [3.8, 4) is 0 Å². The fraction of sp³-hybridized carbons (Fsp3) is 0.500. The molecule has 0 unspecified atom stereocenters. The third-order valence-electron chi connectivity index (χ3n) is 5.13. The Labute approximate surface area is 184 Å². The van der Waals surface area contributed by atoms with Gasteiger partial charge in [-0.15, -0.1) is 0 Å². The van der Waals surface area contributed by atoms with Crippen molar-refractivity contribution in [2.24, 2.45) is 0 Å². The summed E-state index contributed by atoms with van der Waals surface area (Å²) in [6.07, 6.45) is 4.04. The van der Waals surface area contributed by atoms with Crippen LogP contribution < -0.4 is 0 Å². The van der Waals surface area contributed by atoms with Crippen LogP contribution in [0.15, 0.2) is 30.6 Å². The summed E-state index contributed by atoms with van der Waals surface area (Å²) in [4.78, 5) is 4.21. The van der Waals surface area contributed by atoms with E-state index in [9.17, 15) is 5.11 Å². The molecular weight excluding hydrogens is 392 g/mol. The predicted octanol–water partition coefficient (Wildman–Crippen LogP) is 2.47. The van der Waals surface area contributed by atoms with Crippen LogP contribution in [0.5, 0.6) is 0 Å². The van der Waals surface area contributed by atoms with Crippen LogP contribution in [0.1, 0.15) is 34.2 Å². The number of aliphatic hydroxyl groups is 1. The SMILES string of the molecule is Cc1cc(C)n(CN(/C=C/N(Cn2nc(C)cc2C)Cn2nc(C)cc2C)CCO)n1. The summed E-state index contributed by atoms with van der Waals surface area (Å²) < 4.78 is 5.92. The van der Waals surface area contributed by atoms with E-state index in [-0.39, 0.29) is 6.61 Å². The second-order valence-electron chi connectivity index (χ2n) is 8.13. The minimum Gasteiger partial charge on any atom is -0.395 e. The molecule has 0 saturated heterocycles. The van der Waals surface area contributed by atoms with Gasteiger partial charge in [0, 0.05) is 36.0 Å². The number of nitrogens with zero attached hydrogens (tertiary/aromatic N) is 8. The molecule has 0 aliphatic rings. The van der Waals surface area contributed by atoms with Crippen LogP contribution >= 0.6 is 0 Å². The lowest BCUT2D eigenvalue weighted by Gasteiger charge is -2.25. The molecule has 0 aliphatic heterocycles. The fourth-order valence-corrected chi connectivity index (χ4v) is 3.62. The van der Waals surface area contributed by atoms with Crippen LogP contribution in [0, 0.1) is 41.5 Å². The van der Waals surface area contributed by atoms with Crippen LogP contribution in [0.4, 0.5) is 0 Å². The molecular formula is C22H34N8O. The van der Waals surface area contributed by atoms with Gasteiger partial charge in [-0.3, -0.25) is 0 Å². The molecule has 0 fully saturated rings. The molecule has 0 spiro atoms. The first-order valence-corrected chi connectivity index (χ1v) is 10.6. The zero-order valence-electron chi connectivity index (χ0n) is 19.4. The lowest BCUT2D eigenvalue weighted by atomic mass is 10.4. The summed E-state index contributed by atoms with van der Waals surface area (Å²) in [5, 5.41) is 23.3. The van der Waals surface area contributed by atoms with E-state index in [1.807, 2.05) is 54.1 Å². The van der Waals surface area contributed by atoms with Gasteiger partial charge in [0.25, 0.3) is 0 Å². The molecule has 0 saturated carbocycles. The van der Waals surface area contributed by atoms with E-state index in [0.717, 1.165) is 34.2 Å². The van der Waals surface area contributed by atoms with Gasteiger partial charge in [-0.2, -0.15) is 15.3 Å². The maximum Gasteiger partial charge on any atom is 0.113 e. The third kappa shape index (κ3) is 5.97. The summed E-state index contributed by atoms with van der Waals surface area (Å²) in [6, 6.07) is 6.21. The van der Waals surface area contributed by atoms with Gasteiger partial charge in [0.05, 0.1) is 23.7 Å². The number of aliphatic hydroxyl groups excluding tert-OH is 1. The quantitative estimate of drug-likeness (QED) is 0.536. The Hall–Kier alpha value is -3.07. The highest BCUT2D eigenvalue weighted by molar-refractivity contribution is 5.08. The molecule has 168 valence electrons. The second-order valence-corrected chi connectivity index (χ2v) is 8.13. The molecule has 0 bridgehead atoms. The molecule has 3 heterocycles. The lowest BCUT2D eigenvalue weighted by molar-refractivity contribution is 0.190. The Morgan fingerprint density at radius 2 is 1.03 bits per heavy atom. The van der Waals surface area contributed by atoms with Gasteiger partial charge >= 0.3 is 0 Å². The molecule has 1 N–H and O–H groups in total. The van der Waals surface area contributed by atoms with Crippen molar-refractivity contribution < 1.29 is 5.11 Å². The topological polar surface area (TPSA) is 80.2 Å². The fourth-order valence-electron chi connectivity index (χ4n) is 3.62. The van der Waals surface area contributed by atoms with E-state index in [0.29, 0.717) is 26.6 Å². The van der Waals surface area contributed by atoms with Crippen molar-refractivity contribution in [2.75, 3.05) is 13.2 Å². The maximum absolute atomic E-state index is 9.56. The summed E-state index contributed by atoms with van der Waals surface area (Å²) in [5.74, 6) is 0. The van der Waals surface area contributed by atoms with Gasteiger partial charge in [-0.1, -0.05) is 0 Å². The van der Waals surface area contributed by atoms with Crippen LogP contribution in [-0.2, 0) is 20.0 Å². The molecule has 3 aromatic rings. The minimum absolute atomic E-state index is 0.0680. The van der Waals surface area contributed by atoms with Crippen molar-refractivity contribution in [3.05, 3.63) is 64.8 Å². The van der Waals surface area contributed by atoms with Gasteiger partial charge in [0.2, 0.25) is 0 Å². The van der Waals surface area contributed by atoms with Crippen LogP contribution in [0.3, 0.4) is 0 Å². The van der Waals surface area contributed by atoms with Crippen molar-refractivity contribution in [2.45, 2.75) is 61.5 Å². The van der Waals surface area contributed by atoms with E-state index in [4.69, 9.17) is 0 Å². The number of hydrogen-bond donors (Lipinski definition) is 1. The predicted molar refractivity (Wildman–Crippen MR) is 120 cm³/mol. The highest BCUT2D eigenvalue weighted by Gasteiger charge is 2.10. The zero-order valence-corrected chi connectivity index (χ0v) is 19.4. The Morgan fingerprint density at radius 3 is 1.35 bits per heavy atom. The van der Waals surface area contributed by atoms with Gasteiger partial charge in [-0.05, 0) is 59.7 Å². The summed E-state index contributed by atoms with van der Waals surface area (Å²) in [6.45, 7) is 14.5. The van der Waals surface area contributed by atoms with Crippen molar-refractivity contribution in [1.29, 1.82) is 0 Å². The van der Waals surface area contributed by atoms with E-state index >= 15 is 0 Å². The van der Waals surface area contributed by atoms with Gasteiger partial charge < -0.3 is 14.9 Å². The van der Waals surface area contributed by atoms with Crippen LogP contribution in [-0.4, -0.2) is 57.4 Å². The molecule has 3 rings (SSSR count). The van der Waals surface area contributed by atoms with Crippen molar-refractivity contribution >= 4 is 0 Å². The van der Waals surface area contributed by atoms with E-state index in [1.165, 1.54) is 0 Å². The first-order valence-electron chi connectivity index (χ1n) is 10.6. The molecule has 9 heteroatoms. The highest BCUT2D eigenvalue weighted by Crippen LogP contribution is 2.10. The molecule has 9 nitrogen and oxygen atoms in total. The van der Waals surface area contributed by atoms with Crippen molar-refractivity contribution in [3.63, 3.8) is 0 Å². The summed E-state index contributed by atoms with van der Waals surface area (Å²) in [7, 11) is 0. The number of aryl methyl sites for hydroxylation is 6. The summed E-state index contributed by atoms with van der Waals surface area (Å²) in [5.41, 5.74) is 6.30.